The van der Waals surface area contributed by atoms with E-state index >= 15 is 0 Å². The molecule has 27 heavy (non-hydrogen) atoms. The lowest BCUT2D eigenvalue weighted by molar-refractivity contribution is -0.331. The molecule has 1 aliphatic rings. The van der Waals surface area contributed by atoms with E-state index < -0.39 is 36.0 Å². The van der Waals surface area contributed by atoms with Crippen molar-refractivity contribution >= 4 is 17.9 Å². The Morgan fingerprint density at radius 2 is 1.56 bits per heavy atom. The third kappa shape index (κ3) is 5.24. The Morgan fingerprint density at radius 1 is 1.04 bits per heavy atom. The number of benzene rings is 1. The van der Waals surface area contributed by atoms with E-state index in [-0.39, 0.29) is 11.1 Å². The molecule has 0 bridgehead atoms. The molecule has 0 heterocycles. The van der Waals surface area contributed by atoms with Gasteiger partial charge in [-0.1, -0.05) is 13.3 Å². The number of rotatable bonds is 7. The van der Waals surface area contributed by atoms with Crippen LogP contribution in [-0.4, -0.2) is 36.0 Å². The molecular weight excluding hydrogens is 362 g/mol. The molecule has 0 N–H and O–H groups in total. The summed E-state index contributed by atoms with van der Waals surface area (Å²) in [5.41, 5.74) is -0.336. The summed E-state index contributed by atoms with van der Waals surface area (Å²) in [5.74, 6) is -8.54. The first-order valence-corrected chi connectivity index (χ1v) is 8.79. The number of carboxylic acids is 1. The maximum absolute atomic E-state index is 12.9. The van der Waals surface area contributed by atoms with E-state index in [0.717, 1.165) is 38.5 Å². The second-order valence-corrected chi connectivity index (χ2v) is 6.63. The van der Waals surface area contributed by atoms with Gasteiger partial charge in [-0.3, -0.25) is 0 Å². The van der Waals surface area contributed by atoms with E-state index in [9.17, 15) is 28.3 Å². The molecule has 8 heteroatoms. The fourth-order valence-electron chi connectivity index (χ4n) is 3.02. The van der Waals surface area contributed by atoms with Gasteiger partial charge in [0.2, 0.25) is 0 Å². The molecule has 1 fully saturated rings. The lowest BCUT2D eigenvalue weighted by Gasteiger charge is -2.36. The van der Waals surface area contributed by atoms with Crippen molar-refractivity contribution in [2.45, 2.75) is 57.0 Å². The number of carboxylic acid groups (broad SMARTS) is 1. The van der Waals surface area contributed by atoms with Crippen LogP contribution in [0.1, 0.15) is 66.2 Å². The minimum Gasteiger partial charge on any atom is -0.544 e. The maximum atomic E-state index is 12.9. The van der Waals surface area contributed by atoms with Crippen LogP contribution in [0.15, 0.2) is 24.3 Å². The summed E-state index contributed by atoms with van der Waals surface area (Å²) in [4.78, 5) is 34.3. The van der Waals surface area contributed by atoms with Crippen LogP contribution >= 0.6 is 0 Å². The van der Waals surface area contributed by atoms with Gasteiger partial charge in [0.15, 0.2) is 6.61 Å². The van der Waals surface area contributed by atoms with Gasteiger partial charge in [0, 0.05) is 0 Å². The van der Waals surface area contributed by atoms with Gasteiger partial charge in [-0.2, -0.15) is 8.78 Å². The van der Waals surface area contributed by atoms with Gasteiger partial charge >= 0.3 is 17.9 Å². The van der Waals surface area contributed by atoms with Crippen LogP contribution in [-0.2, 0) is 14.3 Å². The second kappa shape index (κ2) is 8.45. The molecule has 1 aliphatic carbocycles. The molecule has 0 spiro atoms. The summed E-state index contributed by atoms with van der Waals surface area (Å²) >= 11 is 0. The summed E-state index contributed by atoms with van der Waals surface area (Å²) in [5, 5.41) is 10.2. The molecule has 1 aromatic carbocycles. The molecule has 1 saturated carbocycles. The Kier molecular flexibility index (Phi) is 6.51. The van der Waals surface area contributed by atoms with E-state index in [1.807, 2.05) is 6.92 Å². The summed E-state index contributed by atoms with van der Waals surface area (Å²) in [6.45, 7) is 0.344. The first-order valence-electron chi connectivity index (χ1n) is 8.79. The van der Waals surface area contributed by atoms with Gasteiger partial charge in [0.1, 0.15) is 11.6 Å². The van der Waals surface area contributed by atoms with E-state index in [0.29, 0.717) is 0 Å². The number of halogens is 2. The highest BCUT2D eigenvalue weighted by molar-refractivity contribution is 5.93. The molecule has 0 atom stereocenters. The number of carbonyl (C=O) groups excluding carboxylic acids is 3. The van der Waals surface area contributed by atoms with Crippen molar-refractivity contribution in [1.82, 2.24) is 0 Å². The first-order chi connectivity index (χ1) is 12.7. The number of aliphatic carboxylic acids is 1. The molecule has 148 valence electrons. The number of carbonyl (C=O) groups is 3. The Bertz CT molecular complexity index is 693. The zero-order valence-corrected chi connectivity index (χ0v) is 15.0. The average Bonchev–Trinajstić information content (AvgIpc) is 2.67. The van der Waals surface area contributed by atoms with Gasteiger partial charge in [-0.15, -0.1) is 0 Å². The predicted molar refractivity (Wildman–Crippen MR) is 88.2 cm³/mol. The van der Waals surface area contributed by atoms with Gasteiger partial charge < -0.3 is 19.4 Å². The Balaban J connectivity index is 1.98. The number of ether oxygens (including phenoxy) is 2. The number of alkyl halides is 2. The molecule has 1 aromatic rings. The zero-order chi connectivity index (χ0) is 20.1. The predicted octanol–water partition coefficient (Wildman–Crippen LogP) is 2.50. The third-order valence-electron chi connectivity index (χ3n) is 4.76. The second-order valence-electron chi connectivity index (χ2n) is 6.63. The highest BCUT2D eigenvalue weighted by atomic mass is 19.3. The smallest absolute Gasteiger partial charge is 0.338 e. The van der Waals surface area contributed by atoms with Crippen LogP contribution in [0.5, 0.6) is 0 Å². The summed E-state index contributed by atoms with van der Waals surface area (Å²) < 4.78 is 35.8. The maximum Gasteiger partial charge on any atom is 0.338 e. The zero-order valence-electron chi connectivity index (χ0n) is 15.0. The van der Waals surface area contributed by atoms with Gasteiger partial charge in [0.25, 0.3) is 0 Å². The van der Waals surface area contributed by atoms with Gasteiger partial charge in [-0.25, -0.2) is 9.59 Å². The van der Waals surface area contributed by atoms with E-state index in [4.69, 9.17) is 4.74 Å². The normalized spacial score (nSPS) is 16.4. The monoisotopic (exact) mass is 383 g/mol. The van der Waals surface area contributed by atoms with Crippen LogP contribution in [0.3, 0.4) is 0 Å². The highest BCUT2D eigenvalue weighted by Gasteiger charge is 2.35. The fourth-order valence-corrected chi connectivity index (χ4v) is 3.02. The van der Waals surface area contributed by atoms with E-state index in [1.54, 1.807) is 0 Å². The highest BCUT2D eigenvalue weighted by Crippen LogP contribution is 2.35. The Morgan fingerprint density at radius 3 is 2.04 bits per heavy atom. The summed E-state index contributed by atoms with van der Waals surface area (Å²) in [7, 11) is 0. The summed E-state index contributed by atoms with van der Waals surface area (Å²) in [6.07, 6.45) is 5.46. The summed E-state index contributed by atoms with van der Waals surface area (Å²) in [6, 6.07) is 5.13. The van der Waals surface area contributed by atoms with Crippen molar-refractivity contribution in [2.24, 2.45) is 0 Å². The number of hydrogen-bond acceptors (Lipinski definition) is 6. The molecule has 0 amide bonds. The standard InChI is InChI=1S/C19H22F2O6/c1-2-18(10-4-3-5-11-18)27-16(23)14-8-6-13(7-9-14)15(22)26-12-19(20,21)17(24)25/h6-9H,2-5,10-12H2,1H3,(H,24,25)/p-1. The van der Waals surface area contributed by atoms with Gasteiger partial charge in [0.05, 0.1) is 11.1 Å². The molecule has 0 aromatic heterocycles. The topological polar surface area (TPSA) is 92.7 Å². The molecule has 0 aliphatic heterocycles. The molecule has 2 rings (SSSR count). The van der Waals surface area contributed by atoms with Crippen LogP contribution in [0.25, 0.3) is 0 Å². The van der Waals surface area contributed by atoms with Crippen LogP contribution in [0.2, 0.25) is 0 Å². The average molecular weight is 383 g/mol. The molecule has 0 unspecified atom stereocenters. The van der Waals surface area contributed by atoms with E-state index in [1.165, 1.54) is 24.3 Å². The minimum absolute atomic E-state index is 0.0939. The molecular formula is C19H21F2O6-. The van der Waals surface area contributed by atoms with E-state index in [2.05, 4.69) is 4.74 Å². The lowest BCUT2D eigenvalue weighted by atomic mass is 9.82. The van der Waals surface area contributed by atoms with Gasteiger partial charge in [-0.05, 0) is 56.4 Å². The molecule has 0 radical (unpaired) electrons. The number of hydrogen-bond donors (Lipinski definition) is 0. The SMILES string of the molecule is CCC1(OC(=O)c2ccc(C(=O)OCC(F)(F)C(=O)[O-])cc2)CCCCC1. The van der Waals surface area contributed by atoms with Crippen LogP contribution in [0, 0.1) is 0 Å². The quantitative estimate of drug-likeness (QED) is 0.672. The van der Waals surface area contributed by atoms with Crippen molar-refractivity contribution in [3.05, 3.63) is 35.4 Å². The largest absolute Gasteiger partial charge is 0.544 e. The first kappa shape index (κ1) is 20.8. The number of esters is 2. The minimum atomic E-state index is -4.27. The van der Waals surface area contributed by atoms with Crippen LogP contribution in [0.4, 0.5) is 8.78 Å². The lowest BCUT2D eigenvalue weighted by Crippen LogP contribution is -2.45. The molecule has 6 nitrogen and oxygen atoms in total. The van der Waals surface area contributed by atoms with Crippen molar-refractivity contribution in [1.29, 1.82) is 0 Å². The van der Waals surface area contributed by atoms with Crippen molar-refractivity contribution in [3.63, 3.8) is 0 Å². The van der Waals surface area contributed by atoms with Crippen molar-refractivity contribution < 1.29 is 37.7 Å². The Labute approximate surface area is 155 Å². The molecule has 0 saturated heterocycles. The fraction of sp³-hybridized carbons (Fsp3) is 0.526. The Hall–Kier alpha value is -2.51. The third-order valence-corrected chi connectivity index (χ3v) is 4.76. The van der Waals surface area contributed by atoms with Crippen molar-refractivity contribution in [2.75, 3.05) is 6.61 Å². The van der Waals surface area contributed by atoms with Crippen molar-refractivity contribution in [3.8, 4) is 0 Å². The van der Waals surface area contributed by atoms with Crippen LogP contribution < -0.4 is 5.11 Å².